The molecule has 2 nitrogen and oxygen atoms in total. The van der Waals surface area contributed by atoms with Crippen molar-refractivity contribution in [2.75, 3.05) is 26.2 Å². The van der Waals surface area contributed by atoms with Crippen LogP contribution in [0.4, 0.5) is 0 Å². The van der Waals surface area contributed by atoms with E-state index in [0.29, 0.717) is 21.7 Å². The van der Waals surface area contributed by atoms with Gasteiger partial charge in [0.25, 0.3) is 0 Å². The van der Waals surface area contributed by atoms with Gasteiger partial charge >= 0.3 is 0 Å². The van der Waals surface area contributed by atoms with Gasteiger partial charge in [0.1, 0.15) is 0 Å². The molecule has 0 bridgehead atoms. The third-order valence-electron chi connectivity index (χ3n) is 4.38. The third kappa shape index (κ3) is 4.51. The van der Waals surface area contributed by atoms with Crippen molar-refractivity contribution >= 4 is 23.2 Å². The summed E-state index contributed by atoms with van der Waals surface area (Å²) in [7, 11) is 0. The first-order valence-electron chi connectivity index (χ1n) is 8.05. The van der Waals surface area contributed by atoms with Gasteiger partial charge in [0.2, 0.25) is 0 Å². The lowest BCUT2D eigenvalue weighted by molar-refractivity contribution is 0.231. The Kier molecular flexibility index (Phi) is 5.31. The number of likely N-dealkylation sites (tertiary alicyclic amines) is 1. The highest BCUT2D eigenvalue weighted by atomic mass is 35.5. The largest absolute Gasteiger partial charge is 0.490 e. The first-order chi connectivity index (χ1) is 10.2. The van der Waals surface area contributed by atoms with E-state index in [-0.39, 0.29) is 0 Å². The maximum Gasteiger partial charge on any atom is 0.156 e. The Balaban J connectivity index is 1.57. The van der Waals surface area contributed by atoms with Gasteiger partial charge in [-0.2, -0.15) is 0 Å². The number of piperidine rings is 1. The lowest BCUT2D eigenvalue weighted by Crippen LogP contribution is -2.31. The van der Waals surface area contributed by atoms with Gasteiger partial charge in [-0.05, 0) is 68.8 Å². The monoisotopic (exact) mass is 327 g/mol. The number of rotatable bonds is 6. The molecule has 1 aliphatic heterocycles. The van der Waals surface area contributed by atoms with E-state index in [1.54, 1.807) is 0 Å². The molecular weight excluding hydrogens is 305 g/mol. The molecule has 0 aromatic heterocycles. The van der Waals surface area contributed by atoms with Gasteiger partial charge in [-0.15, -0.1) is 0 Å². The Labute approximate surface area is 137 Å². The maximum atomic E-state index is 6.34. The van der Waals surface area contributed by atoms with E-state index in [0.717, 1.165) is 19.6 Å². The number of halogens is 2. The summed E-state index contributed by atoms with van der Waals surface area (Å²) < 4.78 is 5.77. The highest BCUT2D eigenvalue weighted by molar-refractivity contribution is 6.37. The van der Waals surface area contributed by atoms with Crippen molar-refractivity contribution in [1.82, 2.24) is 4.90 Å². The molecule has 1 heterocycles. The Hall–Kier alpha value is -0.440. The fraction of sp³-hybridized carbons (Fsp3) is 0.647. The van der Waals surface area contributed by atoms with Gasteiger partial charge in [-0.3, -0.25) is 0 Å². The standard InChI is InChI=1S/C17H23Cl2NO/c18-15-10-14(6-9-20-7-2-1-3-8-20)11-16(19)17(15)21-12-13-4-5-13/h10-11,13H,1-9,12H2. The topological polar surface area (TPSA) is 12.5 Å². The van der Waals surface area contributed by atoms with Gasteiger partial charge < -0.3 is 9.64 Å². The lowest BCUT2D eigenvalue weighted by Gasteiger charge is -2.26. The molecule has 0 amide bonds. The average molecular weight is 328 g/mol. The number of benzene rings is 1. The summed E-state index contributed by atoms with van der Waals surface area (Å²) in [6.45, 7) is 4.29. The fourth-order valence-corrected chi connectivity index (χ4v) is 3.49. The van der Waals surface area contributed by atoms with E-state index >= 15 is 0 Å². The summed E-state index contributed by atoms with van der Waals surface area (Å²) in [4.78, 5) is 2.53. The number of hydrogen-bond acceptors (Lipinski definition) is 2. The quantitative estimate of drug-likeness (QED) is 0.743. The SMILES string of the molecule is Clc1cc(CCN2CCCCC2)cc(Cl)c1OCC1CC1. The minimum atomic E-state index is 0.650. The first-order valence-corrected chi connectivity index (χ1v) is 8.81. The molecule has 1 saturated heterocycles. The first kappa shape index (κ1) is 15.5. The van der Waals surface area contributed by atoms with Crippen molar-refractivity contribution in [2.24, 2.45) is 5.92 Å². The van der Waals surface area contributed by atoms with Crippen LogP contribution in [0, 0.1) is 5.92 Å². The molecule has 0 unspecified atom stereocenters. The van der Waals surface area contributed by atoms with Crippen molar-refractivity contribution in [2.45, 2.75) is 38.5 Å². The Morgan fingerprint density at radius 1 is 1.05 bits per heavy atom. The summed E-state index contributed by atoms with van der Waals surface area (Å²) in [5.41, 5.74) is 1.20. The normalized spacial score (nSPS) is 19.7. The van der Waals surface area contributed by atoms with Crippen LogP contribution in [-0.2, 0) is 6.42 Å². The summed E-state index contributed by atoms with van der Waals surface area (Å²) in [5, 5.41) is 1.30. The highest BCUT2D eigenvalue weighted by Crippen LogP contribution is 2.37. The van der Waals surface area contributed by atoms with Crippen LogP contribution in [0.2, 0.25) is 10.0 Å². The molecule has 0 spiro atoms. The predicted octanol–water partition coefficient (Wildman–Crippen LogP) is 4.81. The van der Waals surface area contributed by atoms with Crippen LogP contribution in [0.3, 0.4) is 0 Å². The van der Waals surface area contributed by atoms with Crippen LogP contribution in [-0.4, -0.2) is 31.1 Å². The van der Waals surface area contributed by atoms with Gasteiger partial charge in [0.15, 0.2) is 5.75 Å². The van der Waals surface area contributed by atoms with E-state index in [2.05, 4.69) is 4.90 Å². The van der Waals surface area contributed by atoms with Crippen LogP contribution in [0.25, 0.3) is 0 Å². The van der Waals surface area contributed by atoms with Crippen LogP contribution < -0.4 is 4.74 Å². The molecule has 116 valence electrons. The second kappa shape index (κ2) is 7.21. The summed E-state index contributed by atoms with van der Waals surface area (Å²) in [5.74, 6) is 1.36. The van der Waals surface area contributed by atoms with Gasteiger partial charge in [0, 0.05) is 6.54 Å². The molecule has 1 saturated carbocycles. The number of nitrogens with zero attached hydrogens (tertiary/aromatic N) is 1. The molecule has 21 heavy (non-hydrogen) atoms. The second-order valence-corrected chi connectivity index (χ2v) is 7.11. The van der Waals surface area contributed by atoms with Gasteiger partial charge in [0.05, 0.1) is 16.7 Å². The third-order valence-corrected chi connectivity index (χ3v) is 4.95. The Morgan fingerprint density at radius 2 is 1.71 bits per heavy atom. The summed E-state index contributed by atoms with van der Waals surface area (Å²) in [6.07, 6.45) is 7.57. The highest BCUT2D eigenvalue weighted by Gasteiger charge is 2.23. The van der Waals surface area contributed by atoms with Crippen LogP contribution in [0.5, 0.6) is 5.75 Å². The molecule has 1 aromatic carbocycles. The Morgan fingerprint density at radius 3 is 2.33 bits per heavy atom. The molecule has 1 aromatic rings. The van der Waals surface area contributed by atoms with Crippen molar-refractivity contribution in [1.29, 1.82) is 0 Å². The van der Waals surface area contributed by atoms with Crippen molar-refractivity contribution in [3.05, 3.63) is 27.7 Å². The van der Waals surface area contributed by atoms with Gasteiger partial charge in [-0.25, -0.2) is 0 Å². The maximum absolute atomic E-state index is 6.34. The average Bonchev–Trinajstić information content (AvgIpc) is 3.29. The zero-order valence-electron chi connectivity index (χ0n) is 12.4. The molecule has 1 aliphatic carbocycles. The van der Waals surface area contributed by atoms with Crippen molar-refractivity contribution in [3.8, 4) is 5.75 Å². The number of ether oxygens (including phenoxy) is 1. The van der Waals surface area contributed by atoms with Crippen LogP contribution in [0.15, 0.2) is 12.1 Å². The molecule has 2 aliphatic rings. The van der Waals surface area contributed by atoms with Crippen LogP contribution >= 0.6 is 23.2 Å². The van der Waals surface area contributed by atoms with Crippen molar-refractivity contribution in [3.63, 3.8) is 0 Å². The zero-order valence-corrected chi connectivity index (χ0v) is 13.9. The molecule has 2 fully saturated rings. The molecule has 3 rings (SSSR count). The Bertz CT molecular complexity index is 459. The van der Waals surface area contributed by atoms with Crippen LogP contribution in [0.1, 0.15) is 37.7 Å². The summed E-state index contributed by atoms with van der Waals surface area (Å²) in [6, 6.07) is 4.03. The molecule has 0 atom stereocenters. The predicted molar refractivity (Wildman–Crippen MR) is 88.7 cm³/mol. The molecule has 0 radical (unpaired) electrons. The van der Waals surface area contributed by atoms with E-state index in [1.165, 1.54) is 50.8 Å². The minimum absolute atomic E-state index is 0.650. The second-order valence-electron chi connectivity index (χ2n) is 6.30. The zero-order chi connectivity index (χ0) is 14.7. The smallest absolute Gasteiger partial charge is 0.156 e. The minimum Gasteiger partial charge on any atom is -0.490 e. The molecule has 4 heteroatoms. The molecular formula is C17H23Cl2NO. The number of hydrogen-bond donors (Lipinski definition) is 0. The van der Waals surface area contributed by atoms with Crippen molar-refractivity contribution < 1.29 is 4.74 Å². The van der Waals surface area contributed by atoms with E-state index in [1.807, 2.05) is 12.1 Å². The van der Waals surface area contributed by atoms with Gasteiger partial charge in [-0.1, -0.05) is 29.6 Å². The molecule has 0 N–H and O–H groups in total. The summed E-state index contributed by atoms with van der Waals surface area (Å²) >= 11 is 12.7. The fourth-order valence-electron chi connectivity index (χ4n) is 2.85. The lowest BCUT2D eigenvalue weighted by atomic mass is 10.1. The van der Waals surface area contributed by atoms with E-state index in [9.17, 15) is 0 Å². The van der Waals surface area contributed by atoms with E-state index < -0.39 is 0 Å². The van der Waals surface area contributed by atoms with E-state index in [4.69, 9.17) is 27.9 Å².